The molecular weight excluding hydrogens is 309 g/mol. The maximum Gasteiger partial charge on any atom is 0.399 e. The van der Waals surface area contributed by atoms with Crippen LogP contribution < -0.4 is 0 Å². The SMILES string of the molecule is CC(C)(C)OP(=O)(O)C(=O)c1ccc2[nH]c(C(=O)O)cc2c1. The van der Waals surface area contributed by atoms with E-state index >= 15 is 0 Å². The Morgan fingerprint density at radius 1 is 1.23 bits per heavy atom. The highest BCUT2D eigenvalue weighted by atomic mass is 31.2. The third-order valence-corrected chi connectivity index (χ3v) is 4.32. The van der Waals surface area contributed by atoms with Crippen molar-refractivity contribution in [2.75, 3.05) is 0 Å². The molecule has 0 fully saturated rings. The molecule has 0 aliphatic heterocycles. The average molecular weight is 325 g/mol. The van der Waals surface area contributed by atoms with Crippen LogP contribution in [0, 0.1) is 0 Å². The van der Waals surface area contributed by atoms with E-state index in [-0.39, 0.29) is 11.3 Å². The molecular formula is C14H16NO6P. The van der Waals surface area contributed by atoms with Gasteiger partial charge in [0.2, 0.25) is 0 Å². The van der Waals surface area contributed by atoms with E-state index in [1.165, 1.54) is 24.3 Å². The van der Waals surface area contributed by atoms with Crippen molar-refractivity contribution in [3.8, 4) is 0 Å². The van der Waals surface area contributed by atoms with Gasteiger partial charge >= 0.3 is 13.6 Å². The van der Waals surface area contributed by atoms with Crippen LogP contribution in [0.2, 0.25) is 0 Å². The molecule has 0 spiro atoms. The molecule has 1 unspecified atom stereocenters. The zero-order valence-corrected chi connectivity index (χ0v) is 13.2. The Morgan fingerprint density at radius 3 is 2.41 bits per heavy atom. The summed E-state index contributed by atoms with van der Waals surface area (Å²) in [7, 11) is -4.48. The molecule has 3 N–H and O–H groups in total. The quantitative estimate of drug-likeness (QED) is 0.744. The minimum Gasteiger partial charge on any atom is -0.477 e. The normalized spacial score (nSPS) is 14.7. The third kappa shape index (κ3) is 3.44. The molecule has 7 nitrogen and oxygen atoms in total. The zero-order valence-electron chi connectivity index (χ0n) is 12.3. The Kier molecular flexibility index (Phi) is 4.00. The fourth-order valence-electron chi connectivity index (χ4n) is 1.96. The Hall–Kier alpha value is -1.95. The number of carbonyl (C=O) groups excluding carboxylic acids is 1. The van der Waals surface area contributed by atoms with Crippen molar-refractivity contribution in [1.29, 1.82) is 0 Å². The van der Waals surface area contributed by atoms with E-state index < -0.39 is 24.7 Å². The van der Waals surface area contributed by atoms with Gasteiger partial charge in [-0.05, 0) is 45.0 Å². The number of rotatable bonds is 4. The maximum absolute atomic E-state index is 12.2. The van der Waals surface area contributed by atoms with Gasteiger partial charge < -0.3 is 15.0 Å². The number of fused-ring (bicyclic) bond motifs is 1. The van der Waals surface area contributed by atoms with Crippen molar-refractivity contribution in [2.24, 2.45) is 0 Å². The molecule has 22 heavy (non-hydrogen) atoms. The Bertz CT molecular complexity index is 801. The molecule has 1 atom stereocenters. The Morgan fingerprint density at radius 2 is 1.86 bits per heavy atom. The predicted molar refractivity (Wildman–Crippen MR) is 80.3 cm³/mol. The van der Waals surface area contributed by atoms with Crippen molar-refractivity contribution in [3.05, 3.63) is 35.5 Å². The highest BCUT2D eigenvalue weighted by molar-refractivity contribution is 7.71. The van der Waals surface area contributed by atoms with Crippen molar-refractivity contribution >= 4 is 30.0 Å². The first-order valence-electron chi connectivity index (χ1n) is 6.44. The number of H-pyrrole nitrogens is 1. The van der Waals surface area contributed by atoms with Crippen molar-refractivity contribution in [1.82, 2.24) is 4.98 Å². The number of benzene rings is 1. The van der Waals surface area contributed by atoms with E-state index in [2.05, 4.69) is 4.98 Å². The fraction of sp³-hybridized carbons (Fsp3) is 0.286. The summed E-state index contributed by atoms with van der Waals surface area (Å²) in [5.41, 5.74) is -1.51. The van der Waals surface area contributed by atoms with Crippen molar-refractivity contribution in [2.45, 2.75) is 26.4 Å². The second kappa shape index (κ2) is 5.35. The first-order valence-corrected chi connectivity index (χ1v) is 8.02. The van der Waals surface area contributed by atoms with Crippen LogP contribution in [0.15, 0.2) is 24.3 Å². The number of aromatic nitrogens is 1. The summed E-state index contributed by atoms with van der Waals surface area (Å²) in [6.45, 7) is 4.70. The molecule has 8 heteroatoms. The number of aromatic amines is 1. The van der Waals surface area contributed by atoms with Gasteiger partial charge in [0.1, 0.15) is 5.69 Å². The zero-order chi connectivity index (χ0) is 16.7. The third-order valence-electron chi connectivity index (χ3n) is 2.75. The topological polar surface area (TPSA) is 117 Å². The molecule has 2 rings (SSSR count). The highest BCUT2D eigenvalue weighted by Crippen LogP contribution is 2.49. The van der Waals surface area contributed by atoms with Gasteiger partial charge in [-0.15, -0.1) is 0 Å². The maximum atomic E-state index is 12.2. The van der Waals surface area contributed by atoms with E-state index in [0.29, 0.717) is 10.9 Å². The van der Waals surface area contributed by atoms with Gasteiger partial charge in [0, 0.05) is 16.5 Å². The first-order chi connectivity index (χ1) is 9.99. The molecule has 0 aliphatic rings. The average Bonchev–Trinajstić information content (AvgIpc) is 2.77. The molecule has 0 bridgehead atoms. The van der Waals surface area contributed by atoms with Crippen LogP contribution in [0.3, 0.4) is 0 Å². The van der Waals surface area contributed by atoms with Gasteiger partial charge in [-0.1, -0.05) is 0 Å². The second-order valence-electron chi connectivity index (χ2n) is 5.82. The lowest BCUT2D eigenvalue weighted by molar-refractivity contribution is 0.0691. The predicted octanol–water partition coefficient (Wildman–Crippen LogP) is 3.01. The van der Waals surface area contributed by atoms with E-state index in [9.17, 15) is 19.0 Å². The molecule has 0 saturated heterocycles. The highest BCUT2D eigenvalue weighted by Gasteiger charge is 2.36. The molecule has 0 aliphatic carbocycles. The van der Waals surface area contributed by atoms with Gasteiger partial charge in [0.15, 0.2) is 0 Å². The number of carboxylic acids is 1. The van der Waals surface area contributed by atoms with Crippen LogP contribution >= 0.6 is 7.60 Å². The van der Waals surface area contributed by atoms with Gasteiger partial charge in [0.25, 0.3) is 5.52 Å². The summed E-state index contributed by atoms with van der Waals surface area (Å²) in [4.78, 5) is 35.6. The number of nitrogens with one attached hydrogen (secondary N) is 1. The largest absolute Gasteiger partial charge is 0.477 e. The molecule has 0 amide bonds. The molecule has 1 aromatic carbocycles. The lowest BCUT2D eigenvalue weighted by atomic mass is 10.2. The van der Waals surface area contributed by atoms with E-state index in [0.717, 1.165) is 0 Å². The minimum atomic E-state index is -4.48. The smallest absolute Gasteiger partial charge is 0.399 e. The van der Waals surface area contributed by atoms with E-state index in [4.69, 9.17) is 9.63 Å². The first kappa shape index (κ1) is 16.4. The number of carbonyl (C=O) groups is 2. The van der Waals surface area contributed by atoms with Gasteiger partial charge in [0.05, 0.1) is 5.60 Å². The number of hydrogen-bond donors (Lipinski definition) is 3. The molecule has 0 radical (unpaired) electrons. The van der Waals surface area contributed by atoms with Crippen LogP contribution in [-0.4, -0.2) is 32.1 Å². The summed E-state index contributed by atoms with van der Waals surface area (Å²) in [6, 6.07) is 5.53. The summed E-state index contributed by atoms with van der Waals surface area (Å²) in [5, 5.41) is 9.38. The molecule has 1 aromatic heterocycles. The van der Waals surface area contributed by atoms with Crippen LogP contribution in [-0.2, 0) is 9.09 Å². The number of carboxylic acid groups (broad SMARTS) is 1. The summed E-state index contributed by atoms with van der Waals surface area (Å²) >= 11 is 0. The Labute approximate surface area is 126 Å². The van der Waals surface area contributed by atoms with E-state index in [1.807, 2.05) is 0 Å². The minimum absolute atomic E-state index is 0.0153. The molecule has 2 aromatic rings. The summed E-state index contributed by atoms with van der Waals surface area (Å²) in [5.74, 6) is -1.13. The van der Waals surface area contributed by atoms with Crippen molar-refractivity contribution in [3.63, 3.8) is 0 Å². The standard InChI is InChI=1S/C14H16NO6P/c1-14(2,3)21-22(19,20)13(18)8-4-5-10-9(6-8)7-11(15-10)12(16)17/h4-7,15H,1-3H3,(H,16,17)(H,19,20). The summed E-state index contributed by atoms with van der Waals surface area (Å²) < 4.78 is 17.0. The second-order valence-corrected chi connectivity index (χ2v) is 7.45. The summed E-state index contributed by atoms with van der Waals surface area (Å²) in [6.07, 6.45) is 0. The Balaban J connectivity index is 2.40. The van der Waals surface area contributed by atoms with E-state index in [1.54, 1.807) is 20.8 Å². The molecule has 1 heterocycles. The van der Waals surface area contributed by atoms with Crippen LogP contribution in [0.25, 0.3) is 10.9 Å². The molecule has 0 saturated carbocycles. The van der Waals surface area contributed by atoms with Gasteiger partial charge in [-0.2, -0.15) is 0 Å². The monoisotopic (exact) mass is 325 g/mol. The number of aromatic carboxylic acids is 1. The van der Waals surface area contributed by atoms with Crippen LogP contribution in [0.4, 0.5) is 0 Å². The van der Waals surface area contributed by atoms with Gasteiger partial charge in [-0.3, -0.25) is 13.9 Å². The van der Waals surface area contributed by atoms with Gasteiger partial charge in [-0.25, -0.2) is 4.79 Å². The van der Waals surface area contributed by atoms with Crippen LogP contribution in [0.1, 0.15) is 41.6 Å². The fourth-order valence-corrected chi connectivity index (χ4v) is 3.25. The number of hydrogen-bond acceptors (Lipinski definition) is 4. The van der Waals surface area contributed by atoms with Crippen molar-refractivity contribution < 1.29 is 28.7 Å². The molecule has 118 valence electrons. The van der Waals surface area contributed by atoms with Crippen LogP contribution in [0.5, 0.6) is 0 Å². The lowest BCUT2D eigenvalue weighted by Crippen LogP contribution is -2.20. The lowest BCUT2D eigenvalue weighted by Gasteiger charge is -2.22.